The van der Waals surface area contributed by atoms with Gasteiger partial charge >= 0.3 is 0 Å². The molecule has 1 amide bonds. The van der Waals surface area contributed by atoms with Crippen LogP contribution in [0.25, 0.3) is 21.8 Å². The average molecular weight is 753 g/mol. The van der Waals surface area contributed by atoms with Gasteiger partial charge in [-0.25, -0.2) is 28.5 Å². The van der Waals surface area contributed by atoms with Gasteiger partial charge in [0.2, 0.25) is 11.9 Å². The number of nitrogens with zero attached hydrogens (tertiary/aromatic N) is 6. The molecule has 53 heavy (non-hydrogen) atoms. The maximum Gasteiger partial charge on any atom is 0.229 e. The number of pyridine rings is 1. The molecule has 1 unspecified atom stereocenters. The summed E-state index contributed by atoms with van der Waals surface area (Å²) < 4.78 is 31.2. The van der Waals surface area contributed by atoms with Crippen LogP contribution in [0.5, 0.6) is 0 Å². The van der Waals surface area contributed by atoms with Crippen LogP contribution < -0.4 is 14.9 Å². The zero-order chi connectivity index (χ0) is 37.1. The third-order valence-electron chi connectivity index (χ3n) is 9.67. The van der Waals surface area contributed by atoms with Crippen molar-refractivity contribution in [1.29, 1.82) is 0 Å². The van der Waals surface area contributed by atoms with Crippen LogP contribution in [0.2, 0.25) is 0 Å². The molecule has 5 heterocycles. The molecule has 5 aromatic rings. The van der Waals surface area contributed by atoms with Gasteiger partial charge in [0.05, 0.1) is 32.9 Å². The van der Waals surface area contributed by atoms with Crippen molar-refractivity contribution >= 4 is 51.4 Å². The number of halogens is 1. The lowest BCUT2D eigenvalue weighted by Gasteiger charge is -2.42. The largest absolute Gasteiger partial charge is 0.355 e. The highest BCUT2D eigenvalue weighted by atomic mass is 32.2. The maximum atomic E-state index is 16.0. The summed E-state index contributed by atoms with van der Waals surface area (Å²) in [7, 11) is -1.39. The molecule has 0 radical (unpaired) electrons. The molecule has 3 aromatic heterocycles. The molecular weight excluding hydrogens is 708 g/mol. The van der Waals surface area contributed by atoms with Crippen LogP contribution in [0.4, 0.5) is 27.5 Å². The highest BCUT2D eigenvalue weighted by Crippen LogP contribution is 2.42. The molecule has 2 N–H and O–H groups in total. The SMILES string of the molecule is CCCS(=O)Nc1cccc(-c2nc(C(C)(C)C)sc2-c2ccnc(Nc3ccc(C4CCN(C(=O)C5CN(c6ccccn6)C5)CC4)cc3)n2)c1F. The Morgan fingerprint density at radius 2 is 1.74 bits per heavy atom. The van der Waals surface area contributed by atoms with E-state index < -0.39 is 16.8 Å². The first-order chi connectivity index (χ1) is 25.6. The highest BCUT2D eigenvalue weighted by molar-refractivity contribution is 7.86. The number of carbonyl (C=O) groups excluding carboxylic acids is 1. The highest BCUT2D eigenvalue weighted by Gasteiger charge is 2.37. The van der Waals surface area contributed by atoms with Gasteiger partial charge in [-0.05, 0) is 73.2 Å². The number of piperidine rings is 1. The molecule has 7 rings (SSSR count). The van der Waals surface area contributed by atoms with Gasteiger partial charge in [-0.1, -0.05) is 52.0 Å². The zero-order valence-corrected chi connectivity index (χ0v) is 32.1. The molecule has 276 valence electrons. The van der Waals surface area contributed by atoms with Crippen molar-refractivity contribution in [2.24, 2.45) is 5.92 Å². The summed E-state index contributed by atoms with van der Waals surface area (Å²) >= 11 is 1.49. The van der Waals surface area contributed by atoms with Gasteiger partial charge in [0.25, 0.3) is 0 Å². The molecule has 10 nitrogen and oxygen atoms in total. The molecule has 2 fully saturated rings. The number of anilines is 4. The smallest absolute Gasteiger partial charge is 0.229 e. The van der Waals surface area contributed by atoms with Crippen LogP contribution in [0.1, 0.15) is 63.4 Å². The van der Waals surface area contributed by atoms with Crippen molar-refractivity contribution in [1.82, 2.24) is 24.8 Å². The molecule has 1 atom stereocenters. The van der Waals surface area contributed by atoms with Gasteiger partial charge < -0.3 is 19.8 Å². The van der Waals surface area contributed by atoms with Crippen molar-refractivity contribution in [2.75, 3.05) is 46.9 Å². The molecular formula is C40H45FN8O2S2. The fraction of sp³-hybridized carbons (Fsp3) is 0.375. The predicted molar refractivity (Wildman–Crippen MR) is 212 cm³/mol. The second-order valence-electron chi connectivity index (χ2n) is 14.7. The summed E-state index contributed by atoms with van der Waals surface area (Å²) in [5, 5.41) is 4.19. The Kier molecular flexibility index (Phi) is 10.8. The molecule has 0 spiro atoms. The first kappa shape index (κ1) is 36.6. The van der Waals surface area contributed by atoms with Gasteiger partial charge in [0.15, 0.2) is 5.82 Å². The van der Waals surface area contributed by atoms with E-state index in [9.17, 15) is 9.00 Å². The summed E-state index contributed by atoms with van der Waals surface area (Å²) in [4.78, 5) is 36.8. The first-order valence-corrected chi connectivity index (χ1v) is 20.3. The van der Waals surface area contributed by atoms with E-state index >= 15 is 4.39 Å². The van der Waals surface area contributed by atoms with E-state index in [0.29, 0.717) is 34.6 Å². The zero-order valence-electron chi connectivity index (χ0n) is 30.5. The Hall–Kier alpha value is -4.75. The first-order valence-electron chi connectivity index (χ1n) is 18.2. The molecule has 2 aliphatic heterocycles. The number of hydrogen-bond acceptors (Lipinski definition) is 9. The Bertz CT molecular complexity index is 2070. The molecule has 0 saturated carbocycles. The van der Waals surface area contributed by atoms with Gasteiger partial charge in [-0.3, -0.25) is 4.79 Å². The molecule has 0 bridgehead atoms. The van der Waals surface area contributed by atoms with Crippen molar-refractivity contribution < 1.29 is 13.4 Å². The van der Waals surface area contributed by atoms with Crippen LogP contribution in [-0.2, 0) is 21.2 Å². The molecule has 0 aliphatic carbocycles. The summed E-state index contributed by atoms with van der Waals surface area (Å²) in [5.74, 6) is 1.97. The lowest BCUT2D eigenvalue weighted by molar-refractivity contribution is -0.137. The van der Waals surface area contributed by atoms with Crippen molar-refractivity contribution in [3.63, 3.8) is 0 Å². The van der Waals surface area contributed by atoms with E-state index in [0.717, 1.165) is 66.8 Å². The fourth-order valence-electron chi connectivity index (χ4n) is 6.72. The lowest BCUT2D eigenvalue weighted by Crippen LogP contribution is -2.55. The summed E-state index contributed by atoms with van der Waals surface area (Å²) in [6.07, 6.45) is 6.07. The van der Waals surface area contributed by atoms with Crippen LogP contribution >= 0.6 is 11.3 Å². The van der Waals surface area contributed by atoms with E-state index in [1.54, 1.807) is 30.6 Å². The standard InChI is InChI=1S/C40H45FN8O2S2/c1-5-23-53(51)47-31-10-8-9-30(34(31)41)35-36(52-38(46-35)40(2,3)4)32-16-20-43-39(45-32)44-29-14-12-26(13-15-29)27-17-21-48(22-18-27)37(50)28-24-49(25-28)33-11-6-7-19-42-33/h6-16,19-20,27-28,47H,5,17-18,21-25H2,1-4H3,(H,43,44,45). The van der Waals surface area contributed by atoms with Gasteiger partial charge in [-0.2, -0.15) is 0 Å². The minimum absolute atomic E-state index is 0.0425. The Balaban J connectivity index is 1.01. The molecule has 2 saturated heterocycles. The molecule has 2 aliphatic rings. The number of rotatable bonds is 11. The third kappa shape index (κ3) is 8.26. The van der Waals surface area contributed by atoms with Crippen LogP contribution in [-0.4, -0.2) is 66.9 Å². The Morgan fingerprint density at radius 1 is 0.962 bits per heavy atom. The average Bonchev–Trinajstić information content (AvgIpc) is 3.60. The normalized spacial score (nSPS) is 15.9. The van der Waals surface area contributed by atoms with Crippen molar-refractivity contribution in [3.05, 3.63) is 95.5 Å². The monoisotopic (exact) mass is 752 g/mol. The van der Waals surface area contributed by atoms with E-state index in [1.807, 2.05) is 48.2 Å². The van der Waals surface area contributed by atoms with E-state index in [2.05, 4.69) is 57.8 Å². The summed E-state index contributed by atoms with van der Waals surface area (Å²) in [6.45, 7) is 11.2. The van der Waals surface area contributed by atoms with Crippen LogP contribution in [0, 0.1) is 11.7 Å². The van der Waals surface area contributed by atoms with Gasteiger partial charge in [-0.15, -0.1) is 11.3 Å². The summed E-state index contributed by atoms with van der Waals surface area (Å²) in [6, 6.07) is 21.1. The van der Waals surface area contributed by atoms with E-state index in [4.69, 9.17) is 9.97 Å². The van der Waals surface area contributed by atoms with Crippen molar-refractivity contribution in [2.45, 2.75) is 58.3 Å². The number of thiazole rings is 1. The number of carbonyl (C=O) groups is 1. The predicted octanol–water partition coefficient (Wildman–Crippen LogP) is 8.17. The van der Waals surface area contributed by atoms with Gasteiger partial charge in [0.1, 0.15) is 16.8 Å². The number of likely N-dealkylation sites (tertiary alicyclic amines) is 1. The maximum absolute atomic E-state index is 16.0. The number of nitrogens with one attached hydrogen (secondary N) is 2. The lowest BCUT2D eigenvalue weighted by atomic mass is 9.88. The minimum atomic E-state index is -1.39. The number of hydrogen-bond donors (Lipinski definition) is 2. The van der Waals surface area contributed by atoms with Crippen LogP contribution in [0.3, 0.4) is 0 Å². The minimum Gasteiger partial charge on any atom is -0.355 e. The van der Waals surface area contributed by atoms with Gasteiger partial charge in [0, 0.05) is 61.0 Å². The molecule has 2 aromatic carbocycles. The van der Waals surface area contributed by atoms with Crippen LogP contribution in [0.15, 0.2) is 79.1 Å². The number of amides is 1. The number of aromatic nitrogens is 4. The van der Waals surface area contributed by atoms with E-state index in [-0.39, 0.29) is 22.9 Å². The third-order valence-corrected chi connectivity index (χ3v) is 12.4. The Morgan fingerprint density at radius 3 is 2.43 bits per heavy atom. The Labute approximate surface area is 316 Å². The fourth-order valence-corrected chi connectivity index (χ4v) is 8.70. The summed E-state index contributed by atoms with van der Waals surface area (Å²) in [5.41, 5.74) is 3.45. The second kappa shape index (κ2) is 15.7. The quantitative estimate of drug-likeness (QED) is 0.139. The van der Waals surface area contributed by atoms with Crippen molar-refractivity contribution in [3.8, 4) is 21.8 Å². The topological polar surface area (TPSA) is 116 Å². The molecule has 13 heteroatoms. The second-order valence-corrected chi connectivity index (χ2v) is 17.0. The number of benzene rings is 2. The van der Waals surface area contributed by atoms with E-state index in [1.165, 1.54) is 16.9 Å².